The van der Waals surface area contributed by atoms with Gasteiger partial charge in [0.25, 0.3) is 11.3 Å². The highest BCUT2D eigenvalue weighted by Gasteiger charge is 2.71. The number of hydrogen-bond acceptors (Lipinski definition) is 4. The van der Waals surface area contributed by atoms with Gasteiger partial charge in [-0.1, -0.05) is 84.0 Å². The Morgan fingerprint density at radius 1 is 0.628 bits per heavy atom. The van der Waals surface area contributed by atoms with Crippen molar-refractivity contribution in [1.82, 2.24) is 10.6 Å². The number of benzene rings is 4. The van der Waals surface area contributed by atoms with Crippen LogP contribution in [0.1, 0.15) is 45.1 Å². The van der Waals surface area contributed by atoms with E-state index < -0.39 is 11.3 Å². The number of hydrogen-bond donors (Lipinski definition) is 2. The van der Waals surface area contributed by atoms with E-state index in [9.17, 15) is 0 Å². The van der Waals surface area contributed by atoms with E-state index in [0.717, 1.165) is 11.5 Å². The zero-order valence-electron chi connectivity index (χ0n) is 23.9. The molecule has 7 heterocycles. The van der Waals surface area contributed by atoms with Crippen LogP contribution in [0.25, 0.3) is 11.1 Å². The zero-order valence-corrected chi connectivity index (χ0v) is 23.9. The SMILES string of the molecule is CB1c2cccc3c2C2(NCO3)c3c1ccc1c3C3c4c-1ccc1c4C4(NCOc5cccc(c54)B1C)[n+]1ccc[n+]2c13. The van der Waals surface area contributed by atoms with E-state index in [1.165, 1.54) is 72.2 Å². The van der Waals surface area contributed by atoms with Crippen LogP contribution in [0.2, 0.25) is 13.6 Å². The minimum Gasteiger partial charge on any atom is -0.478 e. The largest absolute Gasteiger partial charge is 0.478 e. The van der Waals surface area contributed by atoms with Crippen molar-refractivity contribution >= 4 is 35.3 Å². The van der Waals surface area contributed by atoms with Crippen LogP contribution in [0.4, 0.5) is 0 Å². The summed E-state index contributed by atoms with van der Waals surface area (Å²) in [5.41, 5.74) is 15.4. The van der Waals surface area contributed by atoms with Crippen LogP contribution in [-0.4, -0.2) is 26.9 Å². The highest BCUT2D eigenvalue weighted by atomic mass is 16.5. The van der Waals surface area contributed by atoms with Gasteiger partial charge in [-0.2, -0.15) is 0 Å². The lowest BCUT2D eigenvalue weighted by Crippen LogP contribution is -2.84. The molecule has 0 bridgehead atoms. The normalized spacial score (nSPS) is 25.8. The quantitative estimate of drug-likeness (QED) is 0.212. The lowest BCUT2D eigenvalue weighted by atomic mass is 9.36. The van der Waals surface area contributed by atoms with Gasteiger partial charge in [-0.25, -0.2) is 10.6 Å². The van der Waals surface area contributed by atoms with Gasteiger partial charge in [0, 0.05) is 11.1 Å². The number of nitrogens with zero attached hydrogens (tertiary/aromatic N) is 2. The Morgan fingerprint density at radius 2 is 1.12 bits per heavy atom. The molecule has 8 heteroatoms. The molecule has 12 rings (SSSR count). The van der Waals surface area contributed by atoms with E-state index in [1.807, 2.05) is 0 Å². The fraction of sp³-hybridized carbons (Fsp3) is 0.200. The van der Waals surface area contributed by atoms with Gasteiger partial charge < -0.3 is 9.47 Å². The third-order valence-corrected chi connectivity index (χ3v) is 11.9. The molecule has 2 atom stereocenters. The second-order valence-electron chi connectivity index (χ2n) is 13.2. The number of ether oxygens (including phenoxy) is 2. The Morgan fingerprint density at radius 3 is 1.63 bits per heavy atom. The molecule has 0 amide bonds. The second-order valence-corrected chi connectivity index (χ2v) is 13.2. The molecule has 1 aromatic heterocycles. The Bertz CT molecular complexity index is 2080. The average Bonchev–Trinajstić information content (AvgIpc) is 3.39. The van der Waals surface area contributed by atoms with Crippen LogP contribution < -0.4 is 51.1 Å². The standard InChI is InChI=1S/C35H26B2N4O2/c1-36-20-6-3-8-24-29(20)34(38-16-42-24)31-22(36)12-10-18-19-11-13-23-32-27(19)28(26(18)31)33-40(34)14-5-15-41(33)35(32)30-21(37(23)2)7-4-9-25(30)43-17-39-35/h3-15,28,38-39H,16-17H2,1-2H3/q+2. The average molecular weight is 556 g/mol. The first-order valence-electron chi connectivity index (χ1n) is 15.5. The van der Waals surface area contributed by atoms with Gasteiger partial charge in [0.05, 0.1) is 17.2 Å². The van der Waals surface area contributed by atoms with E-state index in [1.54, 1.807) is 0 Å². The molecule has 0 saturated heterocycles. The van der Waals surface area contributed by atoms with E-state index in [2.05, 4.69) is 113 Å². The smallest absolute Gasteiger partial charge is 0.434 e. The molecule has 2 unspecified atom stereocenters. The summed E-state index contributed by atoms with van der Waals surface area (Å²) in [6, 6.07) is 25.1. The Labute approximate surface area is 249 Å². The molecule has 2 N–H and O–H groups in total. The van der Waals surface area contributed by atoms with Gasteiger partial charge in [0.2, 0.25) is 13.4 Å². The molecule has 4 aromatic carbocycles. The summed E-state index contributed by atoms with van der Waals surface area (Å²) in [6.07, 6.45) is 4.61. The highest BCUT2D eigenvalue weighted by Crippen LogP contribution is 2.59. The number of fused-ring (bicyclic) bond motifs is 1. The van der Waals surface area contributed by atoms with Crippen molar-refractivity contribution in [3.63, 3.8) is 0 Å². The van der Waals surface area contributed by atoms with Crippen molar-refractivity contribution in [1.29, 1.82) is 0 Å². The molecule has 1 aliphatic carbocycles. The number of rotatable bonds is 0. The van der Waals surface area contributed by atoms with Gasteiger partial charge in [0.1, 0.15) is 25.0 Å². The third-order valence-electron chi connectivity index (χ3n) is 11.9. The second kappa shape index (κ2) is 6.72. The molecule has 0 radical (unpaired) electrons. The minimum absolute atomic E-state index is 0.142. The predicted octanol–water partition coefficient (Wildman–Crippen LogP) is 0.531. The van der Waals surface area contributed by atoms with Crippen LogP contribution in [0.5, 0.6) is 11.5 Å². The summed E-state index contributed by atoms with van der Waals surface area (Å²) < 4.78 is 17.8. The van der Waals surface area contributed by atoms with E-state index >= 15 is 0 Å². The maximum Gasteiger partial charge on any atom is 0.434 e. The fourth-order valence-electron chi connectivity index (χ4n) is 10.5. The first-order chi connectivity index (χ1) is 21.2. The van der Waals surface area contributed by atoms with Crippen LogP contribution >= 0.6 is 0 Å². The molecule has 5 aromatic rings. The molecule has 2 spiro atoms. The van der Waals surface area contributed by atoms with Gasteiger partial charge in [-0.05, 0) is 34.4 Å². The van der Waals surface area contributed by atoms with Gasteiger partial charge >= 0.3 is 5.82 Å². The monoisotopic (exact) mass is 556 g/mol. The minimum atomic E-state index is -0.569. The zero-order chi connectivity index (χ0) is 28.0. The summed E-state index contributed by atoms with van der Waals surface area (Å²) in [5.74, 6) is 3.40. The van der Waals surface area contributed by atoms with Crippen molar-refractivity contribution in [2.24, 2.45) is 0 Å². The summed E-state index contributed by atoms with van der Waals surface area (Å²) >= 11 is 0. The van der Waals surface area contributed by atoms with E-state index in [4.69, 9.17) is 9.47 Å². The van der Waals surface area contributed by atoms with Crippen LogP contribution in [0.3, 0.4) is 0 Å². The van der Waals surface area contributed by atoms with Gasteiger partial charge in [-0.15, -0.1) is 9.13 Å². The lowest BCUT2D eigenvalue weighted by Gasteiger charge is -2.48. The maximum atomic E-state index is 6.35. The Kier molecular flexibility index (Phi) is 3.47. The molecular weight excluding hydrogens is 530 g/mol. The first kappa shape index (κ1) is 22.2. The van der Waals surface area contributed by atoms with Crippen LogP contribution in [0.15, 0.2) is 79.1 Å². The lowest BCUT2D eigenvalue weighted by molar-refractivity contribution is -0.886. The van der Waals surface area contributed by atoms with Crippen molar-refractivity contribution in [2.75, 3.05) is 13.5 Å². The Hall–Kier alpha value is -4.39. The van der Waals surface area contributed by atoms with Crippen molar-refractivity contribution < 1.29 is 18.6 Å². The fourth-order valence-corrected chi connectivity index (χ4v) is 10.5. The van der Waals surface area contributed by atoms with Gasteiger partial charge in [-0.3, -0.25) is 0 Å². The molecule has 43 heavy (non-hydrogen) atoms. The number of nitrogens with one attached hydrogen (secondary N) is 2. The topological polar surface area (TPSA) is 50.3 Å². The molecular formula is C35H26B2N4O2+2. The summed E-state index contributed by atoms with van der Waals surface area (Å²) in [4.78, 5) is 0. The molecule has 0 fully saturated rings. The number of aromatic nitrogens is 2. The van der Waals surface area contributed by atoms with E-state index in [-0.39, 0.29) is 19.3 Å². The first-order valence-corrected chi connectivity index (χ1v) is 15.5. The van der Waals surface area contributed by atoms with Crippen LogP contribution in [0, 0.1) is 0 Å². The molecule has 7 aliphatic rings. The molecule has 6 aliphatic heterocycles. The summed E-state index contributed by atoms with van der Waals surface area (Å²) in [5, 5.41) is 7.96. The maximum absolute atomic E-state index is 6.35. The Balaban J connectivity index is 1.34. The highest BCUT2D eigenvalue weighted by molar-refractivity contribution is 6.86. The predicted molar refractivity (Wildman–Crippen MR) is 164 cm³/mol. The third kappa shape index (κ3) is 2.02. The van der Waals surface area contributed by atoms with Crippen molar-refractivity contribution in [3.8, 4) is 22.6 Å². The van der Waals surface area contributed by atoms with Gasteiger partial charge in [0.15, 0.2) is 18.3 Å². The van der Waals surface area contributed by atoms with E-state index in [0.29, 0.717) is 13.5 Å². The van der Waals surface area contributed by atoms with Crippen molar-refractivity contribution in [3.05, 3.63) is 118 Å². The van der Waals surface area contributed by atoms with Crippen LogP contribution in [-0.2, 0) is 11.3 Å². The summed E-state index contributed by atoms with van der Waals surface area (Å²) in [7, 11) is 0. The molecule has 202 valence electrons. The van der Waals surface area contributed by atoms with Crippen molar-refractivity contribution in [2.45, 2.75) is 30.9 Å². The molecule has 6 nitrogen and oxygen atoms in total. The molecule has 0 saturated carbocycles. The summed E-state index contributed by atoms with van der Waals surface area (Å²) in [6.45, 7) is 6.16.